The molecule has 0 aliphatic carbocycles. The molecule has 0 amide bonds. The van der Waals surface area contributed by atoms with Crippen molar-refractivity contribution in [1.82, 2.24) is 9.71 Å². The van der Waals surface area contributed by atoms with Gasteiger partial charge in [0.2, 0.25) is 0 Å². The van der Waals surface area contributed by atoms with Crippen molar-refractivity contribution in [1.29, 1.82) is 0 Å². The van der Waals surface area contributed by atoms with Crippen LogP contribution in [0.5, 0.6) is 0 Å². The summed E-state index contributed by atoms with van der Waals surface area (Å²) in [7, 11) is 0. The number of aromatic nitrogens is 1. The minimum atomic E-state index is -0.290. The molecule has 3 rings (SSSR count). The zero-order chi connectivity index (χ0) is 15.5. The number of aromatic amines is 1. The molecule has 0 unspecified atom stereocenters. The summed E-state index contributed by atoms with van der Waals surface area (Å²) in [5, 5.41) is 0.902. The van der Waals surface area contributed by atoms with Gasteiger partial charge in [-0.1, -0.05) is 6.07 Å². The highest BCUT2D eigenvalue weighted by Gasteiger charge is 2.10. The number of benzene rings is 2. The summed E-state index contributed by atoms with van der Waals surface area (Å²) in [5.41, 5.74) is 7.91. The van der Waals surface area contributed by atoms with E-state index in [1.165, 1.54) is 30.1 Å². The zero-order valence-electron chi connectivity index (χ0n) is 11.7. The first-order chi connectivity index (χ1) is 10.7. The van der Waals surface area contributed by atoms with Gasteiger partial charge in [-0.3, -0.25) is 4.72 Å². The third-order valence-electron chi connectivity index (χ3n) is 3.31. The molecule has 2 aromatic carbocycles. The van der Waals surface area contributed by atoms with Gasteiger partial charge in [-0.05, 0) is 47.8 Å². The minimum Gasteiger partial charge on any atom is -0.360 e. The highest BCUT2D eigenvalue weighted by atomic mass is 32.2. The second-order valence-electron chi connectivity index (χ2n) is 4.82. The molecule has 0 aliphatic heterocycles. The maximum absolute atomic E-state index is 13.9. The number of halogens is 2. The van der Waals surface area contributed by atoms with E-state index in [9.17, 15) is 8.78 Å². The monoisotopic (exact) mass is 319 g/mol. The molecule has 1 aromatic heterocycles. The normalized spacial score (nSPS) is 11.2. The first-order valence-corrected chi connectivity index (χ1v) is 7.67. The molecule has 114 valence electrons. The van der Waals surface area contributed by atoms with Gasteiger partial charge < -0.3 is 10.7 Å². The lowest BCUT2D eigenvalue weighted by atomic mass is 10.0. The van der Waals surface area contributed by atoms with Crippen LogP contribution in [-0.2, 0) is 0 Å². The average Bonchev–Trinajstić information content (AvgIpc) is 2.92. The van der Waals surface area contributed by atoms with Crippen molar-refractivity contribution < 1.29 is 8.78 Å². The van der Waals surface area contributed by atoms with Crippen LogP contribution in [0.3, 0.4) is 0 Å². The van der Waals surface area contributed by atoms with Gasteiger partial charge >= 0.3 is 0 Å². The zero-order valence-corrected chi connectivity index (χ0v) is 12.5. The van der Waals surface area contributed by atoms with Crippen molar-refractivity contribution in [2.75, 3.05) is 13.1 Å². The van der Waals surface area contributed by atoms with Crippen LogP contribution in [-0.4, -0.2) is 18.1 Å². The topological polar surface area (TPSA) is 53.8 Å². The van der Waals surface area contributed by atoms with Crippen LogP contribution < -0.4 is 10.5 Å². The SMILES string of the molecule is NCCNSc1cc(-c2c[nH]c3cc(F)ccc23)ccc1F. The van der Waals surface area contributed by atoms with Crippen molar-refractivity contribution >= 4 is 22.9 Å². The molecular formula is C16H15F2N3S. The van der Waals surface area contributed by atoms with E-state index in [1.807, 2.05) is 0 Å². The number of fused-ring (bicyclic) bond motifs is 1. The molecule has 22 heavy (non-hydrogen) atoms. The summed E-state index contributed by atoms with van der Waals surface area (Å²) in [5.74, 6) is -0.577. The second-order valence-corrected chi connectivity index (χ2v) is 5.76. The van der Waals surface area contributed by atoms with Crippen LogP contribution in [0.15, 0.2) is 47.5 Å². The molecule has 0 radical (unpaired) electrons. The molecule has 3 nitrogen and oxygen atoms in total. The minimum absolute atomic E-state index is 0.288. The van der Waals surface area contributed by atoms with Gasteiger partial charge in [-0.15, -0.1) is 0 Å². The van der Waals surface area contributed by atoms with Gasteiger partial charge in [-0.2, -0.15) is 0 Å². The molecule has 0 spiro atoms. The Bertz CT molecular complexity index is 801. The third-order valence-corrected chi connectivity index (χ3v) is 4.20. The first-order valence-electron chi connectivity index (χ1n) is 6.85. The van der Waals surface area contributed by atoms with Crippen molar-refractivity contribution in [3.8, 4) is 11.1 Å². The number of hydrogen-bond acceptors (Lipinski definition) is 3. The maximum atomic E-state index is 13.9. The van der Waals surface area contributed by atoms with E-state index in [0.717, 1.165) is 22.0 Å². The standard InChI is InChI=1S/C16H15F2N3S/c17-11-2-3-12-13(9-20-15(12)8-11)10-1-4-14(18)16(7-10)22-21-6-5-19/h1-4,7-9,20-21H,5-6,19H2. The Labute approximate surface area is 131 Å². The van der Waals surface area contributed by atoms with Gasteiger partial charge in [0.15, 0.2) is 0 Å². The van der Waals surface area contributed by atoms with E-state index >= 15 is 0 Å². The Morgan fingerprint density at radius 2 is 2.00 bits per heavy atom. The molecule has 6 heteroatoms. The molecule has 0 aliphatic rings. The van der Waals surface area contributed by atoms with E-state index in [1.54, 1.807) is 24.4 Å². The van der Waals surface area contributed by atoms with Gasteiger partial charge in [0.25, 0.3) is 0 Å². The maximum Gasteiger partial charge on any atom is 0.138 e. The summed E-state index contributed by atoms with van der Waals surface area (Å²) in [6.07, 6.45) is 1.80. The summed E-state index contributed by atoms with van der Waals surface area (Å²) in [6, 6.07) is 9.51. The predicted octanol–water partition coefficient (Wildman–Crippen LogP) is 3.67. The fourth-order valence-electron chi connectivity index (χ4n) is 2.27. The van der Waals surface area contributed by atoms with E-state index in [-0.39, 0.29) is 11.6 Å². The van der Waals surface area contributed by atoms with Gasteiger partial charge in [0, 0.05) is 35.8 Å². The number of rotatable bonds is 5. The molecule has 3 aromatic rings. The molecule has 0 fully saturated rings. The Morgan fingerprint density at radius 3 is 2.82 bits per heavy atom. The average molecular weight is 319 g/mol. The van der Waals surface area contributed by atoms with E-state index < -0.39 is 0 Å². The molecular weight excluding hydrogens is 304 g/mol. The summed E-state index contributed by atoms with van der Waals surface area (Å²) in [6.45, 7) is 1.09. The molecule has 1 heterocycles. The van der Waals surface area contributed by atoms with Crippen LogP contribution in [0.2, 0.25) is 0 Å². The van der Waals surface area contributed by atoms with Crippen molar-refractivity contribution in [2.45, 2.75) is 4.90 Å². The molecule has 4 N–H and O–H groups in total. The fourth-order valence-corrected chi connectivity index (χ4v) is 3.00. The predicted molar refractivity (Wildman–Crippen MR) is 86.6 cm³/mol. The summed E-state index contributed by atoms with van der Waals surface area (Å²) in [4.78, 5) is 3.54. The smallest absolute Gasteiger partial charge is 0.138 e. The van der Waals surface area contributed by atoms with Gasteiger partial charge in [0.1, 0.15) is 11.6 Å². The van der Waals surface area contributed by atoms with Gasteiger partial charge in [-0.25, -0.2) is 8.78 Å². The fraction of sp³-hybridized carbons (Fsp3) is 0.125. The van der Waals surface area contributed by atoms with Crippen molar-refractivity contribution in [3.05, 3.63) is 54.2 Å². The summed E-state index contributed by atoms with van der Waals surface area (Å²) < 4.78 is 30.1. The van der Waals surface area contributed by atoms with E-state index in [0.29, 0.717) is 18.0 Å². The summed E-state index contributed by atoms with van der Waals surface area (Å²) >= 11 is 1.22. The number of hydrogen-bond donors (Lipinski definition) is 3. The lowest BCUT2D eigenvalue weighted by Gasteiger charge is -2.07. The van der Waals surface area contributed by atoms with Gasteiger partial charge in [0.05, 0.1) is 4.90 Å². The Kier molecular flexibility index (Phi) is 4.42. The van der Waals surface area contributed by atoms with Crippen LogP contribution in [0, 0.1) is 11.6 Å². The highest BCUT2D eigenvalue weighted by molar-refractivity contribution is 7.97. The lowest BCUT2D eigenvalue weighted by Crippen LogP contribution is -2.16. The number of H-pyrrole nitrogens is 1. The Hall–Kier alpha value is -1.89. The van der Waals surface area contributed by atoms with E-state index in [4.69, 9.17) is 5.73 Å². The Morgan fingerprint density at radius 1 is 1.14 bits per heavy atom. The Balaban J connectivity index is 1.98. The van der Waals surface area contributed by atoms with E-state index in [2.05, 4.69) is 9.71 Å². The highest BCUT2D eigenvalue weighted by Crippen LogP contribution is 2.32. The molecule has 0 saturated carbocycles. The molecule has 0 atom stereocenters. The van der Waals surface area contributed by atoms with Crippen molar-refractivity contribution in [2.24, 2.45) is 5.73 Å². The first kappa shape index (κ1) is 15.0. The van der Waals surface area contributed by atoms with Crippen LogP contribution >= 0.6 is 11.9 Å². The van der Waals surface area contributed by atoms with Crippen LogP contribution in [0.4, 0.5) is 8.78 Å². The van der Waals surface area contributed by atoms with Crippen LogP contribution in [0.1, 0.15) is 0 Å². The van der Waals surface area contributed by atoms with Crippen molar-refractivity contribution in [3.63, 3.8) is 0 Å². The quantitative estimate of drug-likeness (QED) is 0.497. The second kappa shape index (κ2) is 6.48. The number of nitrogens with two attached hydrogens (primary N) is 1. The lowest BCUT2D eigenvalue weighted by molar-refractivity contribution is 0.601. The molecule has 0 saturated heterocycles. The largest absolute Gasteiger partial charge is 0.360 e. The third kappa shape index (κ3) is 2.99. The molecule has 0 bridgehead atoms. The van der Waals surface area contributed by atoms with Crippen LogP contribution in [0.25, 0.3) is 22.0 Å². The number of nitrogens with one attached hydrogen (secondary N) is 2.